The van der Waals surface area contributed by atoms with Gasteiger partial charge in [-0.1, -0.05) is 27.7 Å². The minimum atomic E-state index is -0.566. The molecule has 0 saturated carbocycles. The van der Waals surface area contributed by atoms with Crippen LogP contribution in [0, 0.1) is 0 Å². The smallest absolute Gasteiger partial charge is 0.345 e. The number of cyclic esters (lactones) is 1. The van der Waals surface area contributed by atoms with Crippen molar-refractivity contribution in [3.05, 3.63) is 21.2 Å². The van der Waals surface area contributed by atoms with Gasteiger partial charge >= 0.3 is 11.9 Å². The van der Waals surface area contributed by atoms with Gasteiger partial charge in [-0.2, -0.15) is 0 Å². The molecule has 0 radical (unpaired) electrons. The number of carbonyl (C=O) groups excluding carboxylic acids is 2. The minimum Gasteiger partial charge on any atom is -0.465 e. The van der Waals surface area contributed by atoms with E-state index in [-0.39, 0.29) is 4.48 Å². The molecule has 0 aromatic rings. The third kappa shape index (κ3) is 3.07. The molecular weight excluding hydrogens is 336 g/mol. The lowest BCUT2D eigenvalue weighted by molar-refractivity contribution is -0.154. The lowest BCUT2D eigenvalue weighted by atomic mass is 9.78. The van der Waals surface area contributed by atoms with E-state index in [1.54, 1.807) is 0 Å². The third-order valence-corrected chi connectivity index (χ3v) is 4.86. The second-order valence-electron chi connectivity index (χ2n) is 4.94. The first kappa shape index (κ1) is 18.0. The highest BCUT2D eigenvalue weighted by atomic mass is 79.9. The fourth-order valence-electron chi connectivity index (χ4n) is 3.00. The standard InChI is InChI=1S/C16H23BrO4/c1-6-10-11(7-2)16(8-3,9-4)21-14(18)12(10)13(17)15(19)20-5/h6-9H2,1-5H3/b13-12+. The highest BCUT2D eigenvalue weighted by molar-refractivity contribution is 9.12. The van der Waals surface area contributed by atoms with E-state index in [9.17, 15) is 9.59 Å². The van der Waals surface area contributed by atoms with E-state index < -0.39 is 17.5 Å². The van der Waals surface area contributed by atoms with Gasteiger partial charge in [-0.25, -0.2) is 9.59 Å². The van der Waals surface area contributed by atoms with Crippen LogP contribution in [-0.4, -0.2) is 24.6 Å². The van der Waals surface area contributed by atoms with Crippen LogP contribution in [0.1, 0.15) is 53.4 Å². The molecule has 0 aromatic heterocycles. The topological polar surface area (TPSA) is 52.6 Å². The molecule has 1 aliphatic rings. The normalized spacial score (nSPS) is 20.2. The highest BCUT2D eigenvalue weighted by Gasteiger charge is 2.43. The van der Waals surface area contributed by atoms with Crippen molar-refractivity contribution in [2.75, 3.05) is 7.11 Å². The zero-order valence-corrected chi connectivity index (χ0v) is 14.9. The summed E-state index contributed by atoms with van der Waals surface area (Å²) < 4.78 is 10.6. The maximum atomic E-state index is 12.5. The molecule has 1 aliphatic heterocycles. The van der Waals surface area contributed by atoms with Crippen LogP contribution < -0.4 is 0 Å². The van der Waals surface area contributed by atoms with Crippen molar-refractivity contribution in [1.29, 1.82) is 0 Å². The molecule has 21 heavy (non-hydrogen) atoms. The Balaban J connectivity index is 3.64. The van der Waals surface area contributed by atoms with E-state index in [1.807, 2.05) is 27.7 Å². The lowest BCUT2D eigenvalue weighted by Crippen LogP contribution is -2.41. The van der Waals surface area contributed by atoms with Crippen LogP contribution >= 0.6 is 15.9 Å². The van der Waals surface area contributed by atoms with Gasteiger partial charge < -0.3 is 9.47 Å². The first-order valence-electron chi connectivity index (χ1n) is 7.36. The van der Waals surface area contributed by atoms with Gasteiger partial charge in [0.25, 0.3) is 0 Å². The van der Waals surface area contributed by atoms with Gasteiger partial charge in [0.1, 0.15) is 10.1 Å². The van der Waals surface area contributed by atoms with E-state index in [2.05, 4.69) is 15.9 Å². The maximum absolute atomic E-state index is 12.5. The molecule has 4 nitrogen and oxygen atoms in total. The van der Waals surface area contributed by atoms with Crippen LogP contribution in [0.2, 0.25) is 0 Å². The van der Waals surface area contributed by atoms with E-state index in [0.717, 1.165) is 30.4 Å². The van der Waals surface area contributed by atoms with Crippen molar-refractivity contribution in [1.82, 2.24) is 0 Å². The number of rotatable bonds is 5. The largest absolute Gasteiger partial charge is 0.465 e. The van der Waals surface area contributed by atoms with E-state index >= 15 is 0 Å². The summed E-state index contributed by atoms with van der Waals surface area (Å²) in [4.78, 5) is 24.2. The Morgan fingerprint density at radius 3 is 2.14 bits per heavy atom. The van der Waals surface area contributed by atoms with Crippen molar-refractivity contribution < 1.29 is 19.1 Å². The SMILES string of the molecule is CCC1=C(CC)C(CC)(CC)OC(=O)/C1=C(/Br)C(=O)OC. The number of ether oxygens (including phenoxy) is 2. The van der Waals surface area contributed by atoms with Crippen molar-refractivity contribution in [2.24, 2.45) is 0 Å². The summed E-state index contributed by atoms with van der Waals surface area (Å²) in [7, 11) is 1.29. The second kappa shape index (κ2) is 7.25. The van der Waals surface area contributed by atoms with Crippen molar-refractivity contribution in [3.8, 4) is 0 Å². The molecule has 0 unspecified atom stereocenters. The van der Waals surface area contributed by atoms with Gasteiger partial charge in [-0.15, -0.1) is 0 Å². The van der Waals surface area contributed by atoms with Gasteiger partial charge in [0, 0.05) is 0 Å². The molecule has 1 rings (SSSR count). The summed E-state index contributed by atoms with van der Waals surface area (Å²) in [5.74, 6) is -1.02. The molecule has 0 atom stereocenters. The van der Waals surface area contributed by atoms with Crippen LogP contribution in [0.5, 0.6) is 0 Å². The van der Waals surface area contributed by atoms with Crippen molar-refractivity contribution in [2.45, 2.75) is 59.0 Å². The summed E-state index contributed by atoms with van der Waals surface area (Å²) >= 11 is 3.19. The van der Waals surface area contributed by atoms with Gasteiger partial charge in [-0.05, 0) is 52.8 Å². The molecule has 0 spiro atoms. The second-order valence-corrected chi connectivity index (χ2v) is 5.73. The summed E-state index contributed by atoms with van der Waals surface area (Å²) in [6, 6.07) is 0. The summed E-state index contributed by atoms with van der Waals surface area (Å²) in [6.45, 7) is 8.07. The zero-order chi connectivity index (χ0) is 16.2. The summed E-state index contributed by atoms with van der Waals surface area (Å²) in [5, 5.41) is 0. The minimum absolute atomic E-state index is 0.138. The fourth-order valence-corrected chi connectivity index (χ4v) is 3.56. The molecule has 0 amide bonds. The zero-order valence-electron chi connectivity index (χ0n) is 13.3. The Bertz CT molecular complexity index is 498. The highest BCUT2D eigenvalue weighted by Crippen LogP contribution is 2.43. The molecule has 5 heteroatoms. The van der Waals surface area contributed by atoms with Gasteiger partial charge in [0.05, 0.1) is 12.7 Å². The van der Waals surface area contributed by atoms with Crippen LogP contribution in [-0.2, 0) is 19.1 Å². The Morgan fingerprint density at radius 1 is 1.19 bits per heavy atom. The molecule has 118 valence electrons. The van der Waals surface area contributed by atoms with Crippen LogP contribution in [0.4, 0.5) is 0 Å². The van der Waals surface area contributed by atoms with E-state index in [4.69, 9.17) is 9.47 Å². The molecule has 0 N–H and O–H groups in total. The lowest BCUT2D eigenvalue weighted by Gasteiger charge is -2.40. The van der Waals surface area contributed by atoms with Crippen molar-refractivity contribution >= 4 is 27.9 Å². The number of methoxy groups -OCH3 is 1. The fraction of sp³-hybridized carbons (Fsp3) is 0.625. The first-order chi connectivity index (χ1) is 9.92. The monoisotopic (exact) mass is 358 g/mol. The predicted molar refractivity (Wildman–Crippen MR) is 85.0 cm³/mol. The third-order valence-electron chi connectivity index (χ3n) is 4.14. The van der Waals surface area contributed by atoms with Crippen LogP contribution in [0.15, 0.2) is 21.2 Å². The first-order valence-corrected chi connectivity index (χ1v) is 8.15. The summed E-state index contributed by atoms with van der Waals surface area (Å²) in [5.41, 5.74) is 1.75. The maximum Gasteiger partial charge on any atom is 0.345 e. The van der Waals surface area contributed by atoms with E-state index in [1.165, 1.54) is 7.11 Å². The van der Waals surface area contributed by atoms with E-state index in [0.29, 0.717) is 12.0 Å². The molecule has 0 saturated heterocycles. The van der Waals surface area contributed by atoms with Gasteiger partial charge in [0.15, 0.2) is 0 Å². The quantitative estimate of drug-likeness (QED) is 0.549. The predicted octanol–water partition coefficient (Wildman–Crippen LogP) is 4.04. The molecular formula is C16H23BrO4. The molecule has 0 aromatic carbocycles. The molecule has 0 fully saturated rings. The van der Waals surface area contributed by atoms with Crippen LogP contribution in [0.3, 0.4) is 0 Å². The average molecular weight is 359 g/mol. The number of halogens is 1. The summed E-state index contributed by atoms with van der Waals surface area (Å²) in [6.07, 6.45) is 2.90. The number of carbonyl (C=O) groups is 2. The van der Waals surface area contributed by atoms with Gasteiger partial charge in [-0.3, -0.25) is 0 Å². The Morgan fingerprint density at radius 2 is 1.76 bits per heavy atom. The van der Waals surface area contributed by atoms with Gasteiger partial charge in [0.2, 0.25) is 0 Å². The van der Waals surface area contributed by atoms with Crippen molar-refractivity contribution in [3.63, 3.8) is 0 Å². The average Bonchev–Trinajstić information content (AvgIpc) is 2.51. The Hall–Kier alpha value is -1.10. The van der Waals surface area contributed by atoms with Crippen LogP contribution in [0.25, 0.3) is 0 Å². The molecule has 0 aliphatic carbocycles. The molecule has 1 heterocycles. The molecule has 0 bridgehead atoms. The number of esters is 2. The number of hydrogen-bond acceptors (Lipinski definition) is 4. The Labute approximate surface area is 134 Å². The number of hydrogen-bond donors (Lipinski definition) is 0. The Kier molecular flexibility index (Phi) is 6.20.